The summed E-state index contributed by atoms with van der Waals surface area (Å²) in [5.74, 6) is -0.131. The lowest BCUT2D eigenvalue weighted by Crippen LogP contribution is -2.35. The molecule has 2 rings (SSSR count). The summed E-state index contributed by atoms with van der Waals surface area (Å²) in [4.78, 5) is 14.4. The molecule has 0 radical (unpaired) electrons. The Hall–Kier alpha value is -1.68. The van der Waals surface area contributed by atoms with Crippen LogP contribution in [0.2, 0.25) is 0 Å². The lowest BCUT2D eigenvalue weighted by molar-refractivity contribution is 0.0954. The SMILES string of the molecule is CCCN1CCC(=NNC(=O)c2ccc(C)cc2)CC1. The van der Waals surface area contributed by atoms with Gasteiger partial charge >= 0.3 is 0 Å². The monoisotopic (exact) mass is 273 g/mol. The third kappa shape index (κ3) is 4.17. The molecule has 0 saturated carbocycles. The Morgan fingerprint density at radius 3 is 2.50 bits per heavy atom. The van der Waals surface area contributed by atoms with E-state index < -0.39 is 0 Å². The Kier molecular flexibility index (Phi) is 5.30. The fraction of sp³-hybridized carbons (Fsp3) is 0.500. The van der Waals surface area contributed by atoms with Crippen LogP contribution >= 0.6 is 0 Å². The Balaban J connectivity index is 1.84. The molecule has 1 amide bonds. The van der Waals surface area contributed by atoms with Gasteiger partial charge in [0.15, 0.2) is 0 Å². The number of carbonyl (C=O) groups is 1. The standard InChI is InChI=1S/C16H23N3O/c1-3-10-19-11-8-15(9-12-19)17-18-16(20)14-6-4-13(2)5-7-14/h4-7H,3,8-12H2,1-2H3,(H,18,20). The third-order valence-electron chi connectivity index (χ3n) is 3.60. The lowest BCUT2D eigenvalue weighted by Gasteiger charge is -2.26. The first kappa shape index (κ1) is 14.7. The Labute approximate surface area is 120 Å². The number of nitrogens with one attached hydrogen (secondary N) is 1. The van der Waals surface area contributed by atoms with E-state index in [-0.39, 0.29) is 5.91 Å². The number of carbonyl (C=O) groups excluding carboxylic acids is 1. The van der Waals surface area contributed by atoms with Crippen LogP contribution in [0.5, 0.6) is 0 Å². The number of aryl methyl sites for hydroxylation is 1. The number of benzene rings is 1. The lowest BCUT2D eigenvalue weighted by atomic mass is 10.1. The molecule has 0 unspecified atom stereocenters. The summed E-state index contributed by atoms with van der Waals surface area (Å²) in [5.41, 5.74) is 5.57. The van der Waals surface area contributed by atoms with E-state index in [4.69, 9.17) is 0 Å². The highest BCUT2D eigenvalue weighted by molar-refractivity contribution is 5.95. The summed E-state index contributed by atoms with van der Waals surface area (Å²) in [6.45, 7) is 7.46. The highest BCUT2D eigenvalue weighted by Gasteiger charge is 2.14. The van der Waals surface area contributed by atoms with Crippen molar-refractivity contribution < 1.29 is 4.79 Å². The molecule has 4 heteroatoms. The van der Waals surface area contributed by atoms with Gasteiger partial charge in [0.05, 0.1) is 0 Å². The molecule has 0 atom stereocenters. The highest BCUT2D eigenvalue weighted by atomic mass is 16.2. The van der Waals surface area contributed by atoms with Crippen molar-refractivity contribution in [2.45, 2.75) is 33.1 Å². The molecular formula is C16H23N3O. The van der Waals surface area contributed by atoms with Crippen LogP contribution in [-0.2, 0) is 0 Å². The van der Waals surface area contributed by atoms with Crippen molar-refractivity contribution in [3.63, 3.8) is 0 Å². The number of amides is 1. The molecule has 1 aromatic rings. The van der Waals surface area contributed by atoms with Crippen LogP contribution in [0.1, 0.15) is 42.1 Å². The molecule has 4 nitrogen and oxygen atoms in total. The minimum atomic E-state index is -0.131. The van der Waals surface area contributed by atoms with Crippen molar-refractivity contribution in [2.75, 3.05) is 19.6 Å². The molecule has 20 heavy (non-hydrogen) atoms. The van der Waals surface area contributed by atoms with Gasteiger partial charge in [-0.3, -0.25) is 4.79 Å². The molecule has 0 spiro atoms. The second kappa shape index (κ2) is 7.20. The van der Waals surface area contributed by atoms with Crippen LogP contribution in [0.4, 0.5) is 0 Å². The Bertz CT molecular complexity index is 469. The molecule has 0 aliphatic carbocycles. The van der Waals surface area contributed by atoms with Crippen molar-refractivity contribution in [1.29, 1.82) is 0 Å². The van der Waals surface area contributed by atoms with Crippen LogP contribution in [0, 0.1) is 6.92 Å². The number of piperidine rings is 1. The quantitative estimate of drug-likeness (QED) is 0.857. The second-order valence-corrected chi connectivity index (χ2v) is 5.33. The van der Waals surface area contributed by atoms with Gasteiger partial charge in [-0.15, -0.1) is 0 Å². The summed E-state index contributed by atoms with van der Waals surface area (Å²) in [5, 5.41) is 4.27. The predicted molar refractivity (Wildman–Crippen MR) is 82.0 cm³/mol. The number of hydrogen-bond acceptors (Lipinski definition) is 3. The number of rotatable bonds is 4. The Morgan fingerprint density at radius 1 is 1.25 bits per heavy atom. The summed E-state index contributed by atoms with van der Waals surface area (Å²) in [6.07, 6.45) is 3.10. The van der Waals surface area contributed by atoms with Crippen LogP contribution in [0.3, 0.4) is 0 Å². The number of hydrogen-bond donors (Lipinski definition) is 1. The van der Waals surface area contributed by atoms with Crippen LogP contribution in [0.25, 0.3) is 0 Å². The first-order valence-electron chi connectivity index (χ1n) is 7.34. The summed E-state index contributed by atoms with van der Waals surface area (Å²) < 4.78 is 0. The van der Waals surface area contributed by atoms with Gasteiger partial charge in [-0.2, -0.15) is 5.10 Å². The third-order valence-corrected chi connectivity index (χ3v) is 3.60. The minimum absolute atomic E-state index is 0.131. The van der Waals surface area contributed by atoms with E-state index in [1.54, 1.807) is 0 Å². The summed E-state index contributed by atoms with van der Waals surface area (Å²) in [6, 6.07) is 7.53. The van der Waals surface area contributed by atoms with Crippen molar-refractivity contribution in [3.8, 4) is 0 Å². The van der Waals surface area contributed by atoms with E-state index in [0.717, 1.165) is 43.8 Å². The minimum Gasteiger partial charge on any atom is -0.303 e. The van der Waals surface area contributed by atoms with E-state index in [0.29, 0.717) is 5.56 Å². The van der Waals surface area contributed by atoms with Gasteiger partial charge in [0, 0.05) is 37.2 Å². The van der Waals surface area contributed by atoms with Gasteiger partial charge in [0.25, 0.3) is 5.91 Å². The average molecular weight is 273 g/mol. The zero-order valence-electron chi connectivity index (χ0n) is 12.4. The smallest absolute Gasteiger partial charge is 0.271 e. The maximum atomic E-state index is 11.9. The maximum absolute atomic E-state index is 11.9. The van der Waals surface area contributed by atoms with Crippen LogP contribution < -0.4 is 5.43 Å². The molecule has 1 N–H and O–H groups in total. The van der Waals surface area contributed by atoms with E-state index in [1.165, 1.54) is 6.42 Å². The molecular weight excluding hydrogens is 250 g/mol. The maximum Gasteiger partial charge on any atom is 0.271 e. The number of nitrogens with zero attached hydrogens (tertiary/aromatic N) is 2. The number of likely N-dealkylation sites (tertiary alicyclic amines) is 1. The van der Waals surface area contributed by atoms with Gasteiger partial charge in [-0.25, -0.2) is 5.43 Å². The van der Waals surface area contributed by atoms with E-state index >= 15 is 0 Å². The zero-order chi connectivity index (χ0) is 14.4. The van der Waals surface area contributed by atoms with Gasteiger partial charge in [0.1, 0.15) is 0 Å². The molecule has 1 aliphatic rings. The van der Waals surface area contributed by atoms with Gasteiger partial charge in [0.2, 0.25) is 0 Å². The van der Waals surface area contributed by atoms with Crippen molar-refractivity contribution in [1.82, 2.24) is 10.3 Å². The first-order chi connectivity index (χ1) is 9.69. The van der Waals surface area contributed by atoms with E-state index in [9.17, 15) is 4.79 Å². The first-order valence-corrected chi connectivity index (χ1v) is 7.34. The largest absolute Gasteiger partial charge is 0.303 e. The van der Waals surface area contributed by atoms with Crippen molar-refractivity contribution >= 4 is 11.6 Å². The highest BCUT2D eigenvalue weighted by Crippen LogP contribution is 2.08. The Morgan fingerprint density at radius 2 is 1.90 bits per heavy atom. The molecule has 0 aromatic heterocycles. The fourth-order valence-corrected chi connectivity index (χ4v) is 2.36. The van der Waals surface area contributed by atoms with Crippen LogP contribution in [-0.4, -0.2) is 36.2 Å². The van der Waals surface area contributed by atoms with Crippen LogP contribution in [0.15, 0.2) is 29.4 Å². The normalized spacial score (nSPS) is 16.0. The molecule has 1 fully saturated rings. The summed E-state index contributed by atoms with van der Waals surface area (Å²) in [7, 11) is 0. The van der Waals surface area contributed by atoms with E-state index in [2.05, 4.69) is 22.4 Å². The molecule has 1 aromatic carbocycles. The van der Waals surface area contributed by atoms with Crippen molar-refractivity contribution in [2.24, 2.45) is 5.10 Å². The van der Waals surface area contributed by atoms with Gasteiger partial charge in [-0.1, -0.05) is 24.6 Å². The molecule has 108 valence electrons. The van der Waals surface area contributed by atoms with Gasteiger partial charge < -0.3 is 4.90 Å². The molecule has 0 bridgehead atoms. The van der Waals surface area contributed by atoms with E-state index in [1.807, 2.05) is 31.2 Å². The molecule has 1 saturated heterocycles. The predicted octanol–water partition coefficient (Wildman–Crippen LogP) is 2.59. The fourth-order valence-electron chi connectivity index (χ4n) is 2.36. The molecule has 1 heterocycles. The molecule has 1 aliphatic heterocycles. The zero-order valence-corrected chi connectivity index (χ0v) is 12.4. The second-order valence-electron chi connectivity index (χ2n) is 5.33. The summed E-state index contributed by atoms with van der Waals surface area (Å²) >= 11 is 0. The topological polar surface area (TPSA) is 44.7 Å². The van der Waals surface area contributed by atoms with Crippen molar-refractivity contribution in [3.05, 3.63) is 35.4 Å². The average Bonchev–Trinajstić information content (AvgIpc) is 2.47. The number of hydrazone groups is 1. The van der Waals surface area contributed by atoms with Gasteiger partial charge in [-0.05, 0) is 32.0 Å².